The van der Waals surface area contributed by atoms with Crippen LogP contribution in [0.25, 0.3) is 0 Å². The van der Waals surface area contributed by atoms with Gasteiger partial charge in [-0.3, -0.25) is 0 Å². The Morgan fingerprint density at radius 1 is 1.50 bits per heavy atom. The molecule has 1 aromatic heterocycles. The number of carbonyl (C=O) groups is 1. The first-order valence-corrected chi connectivity index (χ1v) is 6.65. The third-order valence-corrected chi connectivity index (χ3v) is 2.89. The lowest BCUT2D eigenvalue weighted by Gasteiger charge is -2.20. The van der Waals surface area contributed by atoms with Crippen LogP contribution in [0.1, 0.15) is 26.6 Å². The molecular weight excluding hydrogens is 298 g/mol. The van der Waals surface area contributed by atoms with Crippen molar-refractivity contribution >= 4 is 27.7 Å². The van der Waals surface area contributed by atoms with Crippen LogP contribution >= 0.6 is 15.9 Å². The zero-order valence-corrected chi connectivity index (χ0v) is 12.6. The molecule has 0 saturated carbocycles. The van der Waals surface area contributed by atoms with Gasteiger partial charge in [0.1, 0.15) is 22.3 Å². The van der Waals surface area contributed by atoms with Crippen LogP contribution in [0.2, 0.25) is 0 Å². The number of aryl methyl sites for hydroxylation is 1. The van der Waals surface area contributed by atoms with Gasteiger partial charge in [-0.05, 0) is 21.8 Å². The molecule has 0 aliphatic heterocycles. The summed E-state index contributed by atoms with van der Waals surface area (Å²) in [7, 11) is 1.38. The first-order chi connectivity index (χ1) is 8.47. The van der Waals surface area contributed by atoms with Crippen molar-refractivity contribution in [2.24, 2.45) is 5.92 Å². The molecule has 18 heavy (non-hydrogen) atoms. The largest absolute Gasteiger partial charge is 0.467 e. The molecule has 0 aliphatic carbocycles. The summed E-state index contributed by atoms with van der Waals surface area (Å²) in [4.78, 5) is 20.2. The van der Waals surface area contributed by atoms with Crippen molar-refractivity contribution in [3.8, 4) is 0 Å². The summed E-state index contributed by atoms with van der Waals surface area (Å²) in [5.41, 5.74) is 0. The molecule has 1 heterocycles. The molecule has 0 radical (unpaired) electrons. The maximum atomic E-state index is 11.7. The summed E-state index contributed by atoms with van der Waals surface area (Å²) in [5, 5.41) is 3.09. The number of hydrogen-bond acceptors (Lipinski definition) is 5. The number of ether oxygens (including phenoxy) is 1. The maximum absolute atomic E-state index is 11.7. The second-order valence-electron chi connectivity index (χ2n) is 4.23. The van der Waals surface area contributed by atoms with Crippen molar-refractivity contribution in [1.29, 1.82) is 0 Å². The third kappa shape index (κ3) is 3.94. The lowest BCUT2D eigenvalue weighted by Crippen LogP contribution is -2.35. The van der Waals surface area contributed by atoms with Gasteiger partial charge in [-0.1, -0.05) is 20.8 Å². The van der Waals surface area contributed by atoms with Crippen LogP contribution in [0.15, 0.2) is 10.7 Å². The highest BCUT2D eigenvalue weighted by atomic mass is 79.9. The number of hydrogen-bond donors (Lipinski definition) is 1. The van der Waals surface area contributed by atoms with Crippen LogP contribution in [0.3, 0.4) is 0 Å². The van der Waals surface area contributed by atoms with E-state index in [1.807, 2.05) is 20.8 Å². The van der Waals surface area contributed by atoms with Gasteiger partial charge in [0.05, 0.1) is 7.11 Å². The minimum absolute atomic E-state index is 0.108. The standard InChI is InChI=1S/C12H18BrN3O2/c1-5-9-14-8(13)6-10(15-9)16-11(7(2)3)12(17)18-4/h6-7,11H,5H2,1-4H3,(H,14,15,16). The van der Waals surface area contributed by atoms with Crippen molar-refractivity contribution in [2.45, 2.75) is 33.2 Å². The van der Waals surface area contributed by atoms with E-state index in [2.05, 4.69) is 31.2 Å². The number of nitrogens with zero attached hydrogens (tertiary/aromatic N) is 2. The molecule has 5 nitrogen and oxygen atoms in total. The fraction of sp³-hybridized carbons (Fsp3) is 0.583. The molecule has 1 N–H and O–H groups in total. The van der Waals surface area contributed by atoms with Crippen LogP contribution in [0.5, 0.6) is 0 Å². The Labute approximate surface area is 115 Å². The Kier molecular flexibility index (Phi) is 5.53. The predicted octanol–water partition coefficient (Wildman–Crippen LogP) is 2.41. The van der Waals surface area contributed by atoms with Crippen molar-refractivity contribution in [2.75, 3.05) is 12.4 Å². The normalized spacial score (nSPS) is 12.3. The first-order valence-electron chi connectivity index (χ1n) is 5.85. The Bertz CT molecular complexity index is 424. The van der Waals surface area contributed by atoms with Crippen molar-refractivity contribution in [1.82, 2.24) is 9.97 Å². The molecule has 0 saturated heterocycles. The van der Waals surface area contributed by atoms with Gasteiger partial charge in [0, 0.05) is 12.5 Å². The summed E-state index contributed by atoms with van der Waals surface area (Å²) in [5.74, 6) is 1.16. The molecule has 0 aromatic carbocycles. The van der Waals surface area contributed by atoms with Crippen LogP contribution in [0.4, 0.5) is 5.82 Å². The minimum atomic E-state index is -0.415. The minimum Gasteiger partial charge on any atom is -0.467 e. The Morgan fingerprint density at radius 2 is 2.17 bits per heavy atom. The van der Waals surface area contributed by atoms with Crippen molar-refractivity contribution in [3.63, 3.8) is 0 Å². The van der Waals surface area contributed by atoms with E-state index in [0.717, 1.165) is 12.2 Å². The van der Waals surface area contributed by atoms with Crippen LogP contribution in [0, 0.1) is 5.92 Å². The molecule has 100 valence electrons. The topological polar surface area (TPSA) is 64.1 Å². The first kappa shape index (κ1) is 14.9. The fourth-order valence-electron chi connectivity index (χ4n) is 1.48. The smallest absolute Gasteiger partial charge is 0.328 e. The van der Waals surface area contributed by atoms with Gasteiger partial charge in [0.25, 0.3) is 0 Å². The molecule has 6 heteroatoms. The van der Waals surface area contributed by atoms with E-state index < -0.39 is 6.04 Å². The number of esters is 1. The van der Waals surface area contributed by atoms with E-state index in [4.69, 9.17) is 4.74 Å². The quantitative estimate of drug-likeness (QED) is 0.667. The highest BCUT2D eigenvalue weighted by Gasteiger charge is 2.23. The van der Waals surface area contributed by atoms with Gasteiger partial charge >= 0.3 is 5.97 Å². The Hall–Kier alpha value is -1.17. The molecule has 0 amide bonds. The summed E-state index contributed by atoms with van der Waals surface area (Å²) < 4.78 is 5.47. The molecule has 0 spiro atoms. The van der Waals surface area contributed by atoms with Crippen LogP contribution in [-0.4, -0.2) is 29.1 Å². The number of halogens is 1. The van der Waals surface area contributed by atoms with Crippen molar-refractivity contribution < 1.29 is 9.53 Å². The van der Waals surface area contributed by atoms with Crippen molar-refractivity contribution in [3.05, 3.63) is 16.5 Å². The number of methoxy groups -OCH3 is 1. The van der Waals surface area contributed by atoms with Gasteiger partial charge in [0.15, 0.2) is 0 Å². The molecular formula is C12H18BrN3O2. The van der Waals surface area contributed by atoms with Gasteiger partial charge in [0.2, 0.25) is 0 Å². The monoisotopic (exact) mass is 315 g/mol. The van der Waals surface area contributed by atoms with E-state index in [0.29, 0.717) is 10.4 Å². The van der Waals surface area contributed by atoms with E-state index in [9.17, 15) is 4.79 Å². The Morgan fingerprint density at radius 3 is 2.67 bits per heavy atom. The summed E-state index contributed by atoms with van der Waals surface area (Å²) in [6, 6.07) is 1.33. The number of carbonyl (C=O) groups excluding carboxylic acids is 1. The highest BCUT2D eigenvalue weighted by Crippen LogP contribution is 2.16. The second kappa shape index (κ2) is 6.68. The van der Waals surface area contributed by atoms with Crippen LogP contribution in [-0.2, 0) is 16.0 Å². The van der Waals surface area contributed by atoms with E-state index >= 15 is 0 Å². The highest BCUT2D eigenvalue weighted by molar-refractivity contribution is 9.10. The van der Waals surface area contributed by atoms with Gasteiger partial charge < -0.3 is 10.1 Å². The van der Waals surface area contributed by atoms with Gasteiger partial charge in [-0.15, -0.1) is 0 Å². The predicted molar refractivity (Wildman–Crippen MR) is 73.4 cm³/mol. The lowest BCUT2D eigenvalue weighted by molar-refractivity contribution is -0.142. The fourth-order valence-corrected chi connectivity index (χ4v) is 1.90. The zero-order chi connectivity index (χ0) is 13.7. The van der Waals surface area contributed by atoms with Gasteiger partial charge in [-0.25, -0.2) is 14.8 Å². The number of nitrogens with one attached hydrogen (secondary N) is 1. The average Bonchev–Trinajstić information content (AvgIpc) is 2.34. The number of rotatable bonds is 5. The van der Waals surface area contributed by atoms with Crippen LogP contribution < -0.4 is 5.32 Å². The summed E-state index contributed by atoms with van der Waals surface area (Å²) in [6.07, 6.45) is 0.735. The van der Waals surface area contributed by atoms with Gasteiger partial charge in [-0.2, -0.15) is 0 Å². The molecule has 1 rings (SSSR count). The molecule has 0 bridgehead atoms. The Balaban J connectivity index is 2.93. The molecule has 0 fully saturated rings. The average molecular weight is 316 g/mol. The van der Waals surface area contributed by atoms with E-state index in [1.54, 1.807) is 6.07 Å². The molecule has 1 atom stereocenters. The SMILES string of the molecule is CCc1nc(Br)cc(NC(C(=O)OC)C(C)C)n1. The van der Waals surface area contributed by atoms with E-state index in [1.165, 1.54) is 7.11 Å². The summed E-state index contributed by atoms with van der Waals surface area (Å²) >= 11 is 3.33. The van der Waals surface area contributed by atoms with E-state index in [-0.39, 0.29) is 11.9 Å². The third-order valence-electron chi connectivity index (χ3n) is 2.48. The number of aromatic nitrogens is 2. The maximum Gasteiger partial charge on any atom is 0.328 e. The molecule has 0 aliphatic rings. The second-order valence-corrected chi connectivity index (χ2v) is 5.05. The molecule has 1 unspecified atom stereocenters. The zero-order valence-electron chi connectivity index (χ0n) is 11.0. The molecule has 1 aromatic rings. The summed E-state index contributed by atoms with van der Waals surface area (Å²) in [6.45, 7) is 5.88. The number of anilines is 1. The lowest BCUT2D eigenvalue weighted by atomic mass is 10.0.